The van der Waals surface area contributed by atoms with Gasteiger partial charge in [0.25, 0.3) is 10.1 Å². The van der Waals surface area contributed by atoms with Crippen LogP contribution in [0.25, 0.3) is 11.3 Å². The molecule has 25 heavy (non-hydrogen) atoms. The molecule has 0 saturated carbocycles. The SMILES string of the molecule is COc1ccc(N=Cc2ccc(-c3ccc(S(=O)(=O)O)cc3)o2)cc1. The molecule has 0 aliphatic carbocycles. The third kappa shape index (κ3) is 4.14. The fraction of sp³-hybridized carbons (Fsp3) is 0.0556. The van der Waals surface area contributed by atoms with Gasteiger partial charge in [-0.05, 0) is 60.7 Å². The fourth-order valence-corrected chi connectivity index (χ4v) is 2.66. The maximum Gasteiger partial charge on any atom is 0.294 e. The van der Waals surface area contributed by atoms with E-state index in [1.54, 1.807) is 37.6 Å². The molecule has 0 amide bonds. The van der Waals surface area contributed by atoms with Gasteiger partial charge in [0.05, 0.1) is 23.9 Å². The highest BCUT2D eigenvalue weighted by molar-refractivity contribution is 7.85. The predicted octanol–water partition coefficient (Wildman–Crippen LogP) is 3.95. The van der Waals surface area contributed by atoms with E-state index in [-0.39, 0.29) is 4.90 Å². The van der Waals surface area contributed by atoms with Crippen LogP contribution in [-0.2, 0) is 10.1 Å². The van der Waals surface area contributed by atoms with Gasteiger partial charge in [-0.15, -0.1) is 0 Å². The molecule has 0 aliphatic heterocycles. The summed E-state index contributed by atoms with van der Waals surface area (Å²) in [6.45, 7) is 0. The smallest absolute Gasteiger partial charge is 0.294 e. The molecule has 0 unspecified atom stereocenters. The summed E-state index contributed by atoms with van der Waals surface area (Å²) >= 11 is 0. The largest absolute Gasteiger partial charge is 0.497 e. The van der Waals surface area contributed by atoms with Crippen molar-refractivity contribution in [1.29, 1.82) is 0 Å². The van der Waals surface area contributed by atoms with Crippen LogP contribution in [0.1, 0.15) is 5.76 Å². The highest BCUT2D eigenvalue weighted by Gasteiger charge is 2.10. The van der Waals surface area contributed by atoms with Crippen LogP contribution in [-0.4, -0.2) is 26.3 Å². The molecule has 0 bridgehead atoms. The van der Waals surface area contributed by atoms with Crippen LogP contribution >= 0.6 is 0 Å². The van der Waals surface area contributed by atoms with Crippen LogP contribution in [0.15, 0.2) is 75.0 Å². The van der Waals surface area contributed by atoms with Crippen molar-refractivity contribution in [2.75, 3.05) is 7.11 Å². The Balaban J connectivity index is 1.76. The van der Waals surface area contributed by atoms with Crippen LogP contribution in [0, 0.1) is 0 Å². The Morgan fingerprint density at radius 3 is 2.28 bits per heavy atom. The lowest BCUT2D eigenvalue weighted by atomic mass is 10.2. The average Bonchev–Trinajstić information content (AvgIpc) is 3.09. The van der Waals surface area contributed by atoms with Crippen molar-refractivity contribution in [1.82, 2.24) is 0 Å². The summed E-state index contributed by atoms with van der Waals surface area (Å²) in [7, 11) is -2.60. The first-order valence-corrected chi connectivity index (χ1v) is 8.75. The van der Waals surface area contributed by atoms with Gasteiger partial charge in [0, 0.05) is 5.56 Å². The molecule has 0 spiro atoms. The van der Waals surface area contributed by atoms with Crippen LogP contribution in [0.2, 0.25) is 0 Å². The quantitative estimate of drug-likeness (QED) is 0.551. The number of nitrogens with zero attached hydrogens (tertiary/aromatic N) is 1. The number of aliphatic imine (C=N–C) groups is 1. The van der Waals surface area contributed by atoms with Gasteiger partial charge >= 0.3 is 0 Å². The fourth-order valence-electron chi connectivity index (χ4n) is 2.17. The molecular weight excluding hydrogens is 342 g/mol. The van der Waals surface area contributed by atoms with Crippen molar-refractivity contribution in [3.63, 3.8) is 0 Å². The first kappa shape index (κ1) is 16.9. The van der Waals surface area contributed by atoms with E-state index < -0.39 is 10.1 Å². The van der Waals surface area contributed by atoms with Crippen molar-refractivity contribution >= 4 is 22.0 Å². The van der Waals surface area contributed by atoms with Crippen molar-refractivity contribution in [2.24, 2.45) is 4.99 Å². The zero-order valence-electron chi connectivity index (χ0n) is 13.3. The van der Waals surface area contributed by atoms with Gasteiger partial charge in [-0.1, -0.05) is 0 Å². The number of furan rings is 1. The molecule has 1 aromatic heterocycles. The molecule has 0 fully saturated rings. The Hall–Kier alpha value is -2.90. The topological polar surface area (TPSA) is 89.1 Å². The molecule has 128 valence electrons. The monoisotopic (exact) mass is 357 g/mol. The van der Waals surface area contributed by atoms with Crippen LogP contribution < -0.4 is 4.74 Å². The molecular formula is C18H15NO5S. The Morgan fingerprint density at radius 1 is 1.00 bits per heavy atom. The Labute approximate surface area is 145 Å². The van der Waals surface area contributed by atoms with E-state index in [1.165, 1.54) is 12.1 Å². The molecule has 0 radical (unpaired) electrons. The molecule has 3 rings (SSSR count). The summed E-state index contributed by atoms with van der Waals surface area (Å²) in [5.41, 5.74) is 1.45. The molecule has 0 aliphatic rings. The van der Waals surface area contributed by atoms with Crippen LogP contribution in [0.5, 0.6) is 5.75 Å². The molecule has 0 saturated heterocycles. The first-order chi connectivity index (χ1) is 12.0. The van der Waals surface area contributed by atoms with Gasteiger partial charge in [-0.2, -0.15) is 8.42 Å². The second-order valence-electron chi connectivity index (χ2n) is 5.16. The zero-order chi connectivity index (χ0) is 17.9. The molecule has 7 heteroatoms. The molecule has 2 aromatic carbocycles. The number of benzene rings is 2. The summed E-state index contributed by atoms with van der Waals surface area (Å²) < 4.78 is 41.9. The first-order valence-electron chi connectivity index (χ1n) is 7.31. The summed E-state index contributed by atoms with van der Waals surface area (Å²) in [5.74, 6) is 1.88. The minimum atomic E-state index is -4.20. The normalized spacial score (nSPS) is 11.8. The number of hydrogen-bond donors (Lipinski definition) is 1. The van der Waals surface area contributed by atoms with Crippen molar-refractivity contribution < 1.29 is 22.1 Å². The van der Waals surface area contributed by atoms with E-state index in [0.717, 1.165) is 11.4 Å². The highest BCUT2D eigenvalue weighted by Crippen LogP contribution is 2.24. The molecule has 6 nitrogen and oxygen atoms in total. The van der Waals surface area contributed by atoms with E-state index in [4.69, 9.17) is 13.7 Å². The number of ether oxygens (including phenoxy) is 1. The number of hydrogen-bond acceptors (Lipinski definition) is 5. The van der Waals surface area contributed by atoms with E-state index in [0.29, 0.717) is 17.1 Å². The summed E-state index contributed by atoms with van der Waals surface area (Å²) in [6, 6.07) is 16.6. The second kappa shape index (κ2) is 6.92. The maximum atomic E-state index is 11.1. The third-order valence-electron chi connectivity index (χ3n) is 3.48. The minimum absolute atomic E-state index is 0.163. The minimum Gasteiger partial charge on any atom is -0.497 e. The van der Waals surface area contributed by atoms with E-state index in [2.05, 4.69) is 4.99 Å². The maximum absolute atomic E-state index is 11.1. The summed E-state index contributed by atoms with van der Waals surface area (Å²) in [4.78, 5) is 4.16. The summed E-state index contributed by atoms with van der Waals surface area (Å²) in [5, 5.41) is 0. The van der Waals surface area contributed by atoms with E-state index in [9.17, 15) is 8.42 Å². The summed E-state index contributed by atoms with van der Waals surface area (Å²) in [6.07, 6.45) is 1.60. The molecule has 1 N–H and O–H groups in total. The lowest BCUT2D eigenvalue weighted by Crippen LogP contribution is -1.96. The van der Waals surface area contributed by atoms with Gasteiger partial charge in [0.1, 0.15) is 17.3 Å². The lowest BCUT2D eigenvalue weighted by Gasteiger charge is -1.99. The highest BCUT2D eigenvalue weighted by atomic mass is 32.2. The van der Waals surface area contributed by atoms with Crippen molar-refractivity contribution in [2.45, 2.75) is 4.90 Å². The van der Waals surface area contributed by atoms with Crippen LogP contribution in [0.4, 0.5) is 5.69 Å². The number of rotatable bonds is 5. The van der Waals surface area contributed by atoms with Gasteiger partial charge in [-0.3, -0.25) is 9.55 Å². The van der Waals surface area contributed by atoms with Gasteiger partial charge < -0.3 is 9.15 Å². The van der Waals surface area contributed by atoms with Gasteiger partial charge in [0.15, 0.2) is 0 Å². The van der Waals surface area contributed by atoms with Gasteiger partial charge in [0.2, 0.25) is 0 Å². The standard InChI is InChI=1S/C18H15NO5S/c1-23-15-6-4-14(5-7-15)19-12-16-8-11-18(24-16)13-2-9-17(10-3-13)25(20,21)22/h2-12H,1H3,(H,20,21,22). The average molecular weight is 357 g/mol. The second-order valence-corrected chi connectivity index (χ2v) is 6.58. The molecule has 3 aromatic rings. The number of methoxy groups -OCH3 is 1. The van der Waals surface area contributed by atoms with E-state index in [1.807, 2.05) is 24.3 Å². The molecule has 0 atom stereocenters. The Bertz CT molecular complexity index is 987. The molecule has 1 heterocycles. The van der Waals surface area contributed by atoms with Crippen LogP contribution in [0.3, 0.4) is 0 Å². The Morgan fingerprint density at radius 2 is 1.68 bits per heavy atom. The van der Waals surface area contributed by atoms with Gasteiger partial charge in [-0.25, -0.2) is 0 Å². The predicted molar refractivity (Wildman–Crippen MR) is 94.2 cm³/mol. The Kier molecular flexibility index (Phi) is 4.69. The van der Waals surface area contributed by atoms with E-state index >= 15 is 0 Å². The zero-order valence-corrected chi connectivity index (χ0v) is 14.1. The van der Waals surface area contributed by atoms with Crippen molar-refractivity contribution in [3.8, 4) is 17.1 Å². The third-order valence-corrected chi connectivity index (χ3v) is 4.34. The lowest BCUT2D eigenvalue weighted by molar-refractivity contribution is 0.415. The van der Waals surface area contributed by atoms with Crippen molar-refractivity contribution in [3.05, 3.63) is 66.4 Å².